The summed E-state index contributed by atoms with van der Waals surface area (Å²) in [5.74, 6) is -0.758. The largest absolute Gasteiger partial charge is 0.394 e. The number of halogens is 1. The highest BCUT2D eigenvalue weighted by atomic mass is 19.1. The van der Waals surface area contributed by atoms with Crippen LogP contribution in [0.3, 0.4) is 0 Å². The number of benzene rings is 1. The molecule has 0 amide bonds. The molecule has 6 nitrogen and oxygen atoms in total. The third kappa shape index (κ3) is 3.14. The number of nitrogens with zero attached hydrogens (tertiary/aromatic N) is 1. The molecule has 0 spiro atoms. The smallest absolute Gasteiger partial charge is 0.274 e. The van der Waals surface area contributed by atoms with Gasteiger partial charge in [-0.15, -0.1) is 0 Å². The van der Waals surface area contributed by atoms with E-state index in [0.717, 1.165) is 18.2 Å². The van der Waals surface area contributed by atoms with Crippen LogP contribution in [0.2, 0.25) is 0 Å². The third-order valence-corrected chi connectivity index (χ3v) is 1.90. The zero-order chi connectivity index (χ0) is 12.1. The fourth-order valence-electron chi connectivity index (χ4n) is 1.15. The number of nitro benzene ring substituents is 1. The van der Waals surface area contributed by atoms with Crippen molar-refractivity contribution in [2.24, 2.45) is 0 Å². The fraction of sp³-hybridized carbons (Fsp3) is 0.333. The molecule has 0 bridgehead atoms. The Balaban J connectivity index is 2.91. The van der Waals surface area contributed by atoms with Crippen LogP contribution in [0.25, 0.3) is 0 Å². The fourth-order valence-corrected chi connectivity index (χ4v) is 1.15. The Morgan fingerprint density at radius 1 is 1.38 bits per heavy atom. The van der Waals surface area contributed by atoms with E-state index in [2.05, 4.69) is 5.32 Å². The summed E-state index contributed by atoms with van der Waals surface area (Å²) in [5, 5.41) is 30.6. The average Bonchev–Trinajstić information content (AvgIpc) is 2.25. The highest BCUT2D eigenvalue weighted by molar-refractivity contribution is 5.52. The van der Waals surface area contributed by atoms with Crippen LogP contribution in [0.4, 0.5) is 15.8 Å². The van der Waals surface area contributed by atoms with Crippen LogP contribution < -0.4 is 5.32 Å². The number of nitrogens with one attached hydrogen (secondary N) is 1. The number of anilines is 1. The minimum absolute atomic E-state index is 0.139. The van der Waals surface area contributed by atoms with Gasteiger partial charge in [-0.25, -0.2) is 4.39 Å². The lowest BCUT2D eigenvalue weighted by Gasteiger charge is -2.14. The van der Waals surface area contributed by atoms with Crippen molar-refractivity contribution in [3.63, 3.8) is 0 Å². The molecule has 3 N–H and O–H groups in total. The zero-order valence-electron chi connectivity index (χ0n) is 8.26. The Morgan fingerprint density at radius 2 is 2.00 bits per heavy atom. The zero-order valence-corrected chi connectivity index (χ0v) is 8.26. The Bertz CT molecular complexity index is 382. The quantitative estimate of drug-likeness (QED) is 0.505. The lowest BCUT2D eigenvalue weighted by Crippen LogP contribution is -2.27. The summed E-state index contributed by atoms with van der Waals surface area (Å²) in [7, 11) is 0. The van der Waals surface area contributed by atoms with Crippen molar-refractivity contribution in [1.82, 2.24) is 0 Å². The molecule has 0 aromatic heterocycles. The molecule has 0 aliphatic heterocycles. The molecule has 0 atom stereocenters. The van der Waals surface area contributed by atoms with Gasteiger partial charge in [-0.3, -0.25) is 10.1 Å². The summed E-state index contributed by atoms with van der Waals surface area (Å²) in [5.41, 5.74) is -0.253. The number of hydrogen-bond donors (Lipinski definition) is 3. The van der Waals surface area contributed by atoms with Crippen LogP contribution in [0.5, 0.6) is 0 Å². The molecular formula is C9H11FN2O4. The van der Waals surface area contributed by atoms with E-state index < -0.39 is 22.5 Å². The van der Waals surface area contributed by atoms with Gasteiger partial charge in [-0.2, -0.15) is 0 Å². The normalized spacial score (nSPS) is 10.5. The molecule has 0 fully saturated rings. The molecule has 0 heterocycles. The summed E-state index contributed by atoms with van der Waals surface area (Å²) in [6, 6.07) is 2.28. The van der Waals surface area contributed by atoms with Crippen LogP contribution in [0.1, 0.15) is 0 Å². The van der Waals surface area contributed by atoms with Gasteiger partial charge in [0.2, 0.25) is 0 Å². The molecule has 7 heteroatoms. The van der Waals surface area contributed by atoms with E-state index in [1.54, 1.807) is 0 Å². The number of nitro groups is 1. The average molecular weight is 230 g/mol. The van der Waals surface area contributed by atoms with Gasteiger partial charge < -0.3 is 15.5 Å². The van der Waals surface area contributed by atoms with Crippen molar-refractivity contribution in [2.75, 3.05) is 18.5 Å². The molecule has 1 rings (SSSR count). The number of aliphatic hydroxyl groups is 2. The molecule has 0 radical (unpaired) electrons. The molecule has 1 aromatic rings. The van der Waals surface area contributed by atoms with Gasteiger partial charge in [-0.05, 0) is 6.07 Å². The van der Waals surface area contributed by atoms with Crippen molar-refractivity contribution in [3.05, 3.63) is 34.1 Å². The standard InChI is InChI=1S/C9H11FN2O4/c10-6-1-7(11-8(4-13)5-14)3-9(2-6)12(15)16/h1-3,8,11,13-14H,4-5H2. The SMILES string of the molecule is O=[N+]([O-])c1cc(F)cc(NC(CO)CO)c1. The summed E-state index contributed by atoms with van der Waals surface area (Å²) in [6.45, 7) is -0.721. The van der Waals surface area contributed by atoms with Crippen LogP contribution in [-0.4, -0.2) is 34.4 Å². The Morgan fingerprint density at radius 3 is 2.50 bits per heavy atom. The maximum Gasteiger partial charge on any atom is 0.274 e. The summed E-state index contributed by atoms with van der Waals surface area (Å²) < 4.78 is 13.0. The van der Waals surface area contributed by atoms with Gasteiger partial charge >= 0.3 is 0 Å². The van der Waals surface area contributed by atoms with Gasteiger partial charge in [0.1, 0.15) is 5.82 Å². The van der Waals surface area contributed by atoms with Gasteiger partial charge in [0.05, 0.1) is 30.2 Å². The lowest BCUT2D eigenvalue weighted by molar-refractivity contribution is -0.385. The number of non-ortho nitro benzene ring substituents is 1. The van der Waals surface area contributed by atoms with Crippen LogP contribution in [0, 0.1) is 15.9 Å². The molecule has 0 unspecified atom stereocenters. The van der Waals surface area contributed by atoms with E-state index in [9.17, 15) is 14.5 Å². The topological polar surface area (TPSA) is 95.6 Å². The van der Waals surface area contributed by atoms with Crippen LogP contribution >= 0.6 is 0 Å². The number of aliphatic hydroxyl groups excluding tert-OH is 2. The van der Waals surface area contributed by atoms with E-state index in [1.807, 2.05) is 0 Å². The second-order valence-corrected chi connectivity index (χ2v) is 3.16. The maximum absolute atomic E-state index is 13.0. The first-order chi connectivity index (χ1) is 7.56. The molecular weight excluding hydrogens is 219 g/mol. The first kappa shape index (κ1) is 12.3. The lowest BCUT2D eigenvalue weighted by atomic mass is 10.2. The van der Waals surface area contributed by atoms with Gasteiger partial charge in [-0.1, -0.05) is 0 Å². The van der Waals surface area contributed by atoms with Gasteiger partial charge in [0.25, 0.3) is 5.69 Å². The van der Waals surface area contributed by atoms with Crippen molar-refractivity contribution in [1.29, 1.82) is 0 Å². The van der Waals surface area contributed by atoms with Crippen LogP contribution in [-0.2, 0) is 0 Å². The molecule has 0 saturated heterocycles. The first-order valence-electron chi connectivity index (χ1n) is 4.50. The maximum atomic E-state index is 13.0. The minimum atomic E-state index is -0.758. The third-order valence-electron chi connectivity index (χ3n) is 1.90. The monoisotopic (exact) mass is 230 g/mol. The van der Waals surface area contributed by atoms with Gasteiger partial charge in [0, 0.05) is 11.8 Å². The van der Waals surface area contributed by atoms with Crippen molar-refractivity contribution >= 4 is 11.4 Å². The second-order valence-electron chi connectivity index (χ2n) is 3.16. The molecule has 1 aromatic carbocycles. The van der Waals surface area contributed by atoms with Crippen LogP contribution in [0.15, 0.2) is 18.2 Å². The summed E-state index contributed by atoms with van der Waals surface area (Å²) in [6.07, 6.45) is 0. The summed E-state index contributed by atoms with van der Waals surface area (Å²) in [4.78, 5) is 9.72. The predicted octanol–water partition coefficient (Wildman–Crippen LogP) is 0.499. The van der Waals surface area contributed by atoms with Crippen molar-refractivity contribution in [3.8, 4) is 0 Å². The van der Waals surface area contributed by atoms with E-state index >= 15 is 0 Å². The van der Waals surface area contributed by atoms with E-state index in [1.165, 1.54) is 0 Å². The Hall–Kier alpha value is -1.73. The Kier molecular flexibility index (Phi) is 4.15. The number of hydrogen-bond acceptors (Lipinski definition) is 5. The van der Waals surface area contributed by atoms with Crippen molar-refractivity contribution < 1.29 is 19.5 Å². The molecule has 0 saturated carbocycles. The molecule has 0 aliphatic carbocycles. The molecule has 16 heavy (non-hydrogen) atoms. The predicted molar refractivity (Wildman–Crippen MR) is 54.6 cm³/mol. The van der Waals surface area contributed by atoms with Crippen molar-refractivity contribution in [2.45, 2.75) is 6.04 Å². The first-order valence-corrected chi connectivity index (χ1v) is 4.50. The minimum Gasteiger partial charge on any atom is -0.394 e. The van der Waals surface area contributed by atoms with E-state index in [4.69, 9.17) is 10.2 Å². The van der Waals surface area contributed by atoms with E-state index in [-0.39, 0.29) is 18.9 Å². The Labute approximate surface area is 90.5 Å². The highest BCUT2D eigenvalue weighted by Gasteiger charge is 2.12. The second kappa shape index (κ2) is 5.38. The van der Waals surface area contributed by atoms with Gasteiger partial charge in [0.15, 0.2) is 0 Å². The highest BCUT2D eigenvalue weighted by Crippen LogP contribution is 2.20. The molecule has 0 aliphatic rings. The number of rotatable bonds is 5. The van der Waals surface area contributed by atoms with E-state index in [0.29, 0.717) is 0 Å². The molecule has 88 valence electrons. The summed E-state index contributed by atoms with van der Waals surface area (Å²) >= 11 is 0.